The van der Waals surface area contributed by atoms with Crippen molar-refractivity contribution in [3.05, 3.63) is 0 Å². The van der Waals surface area contributed by atoms with E-state index in [9.17, 15) is 5.11 Å². The van der Waals surface area contributed by atoms with Gasteiger partial charge in [-0.15, -0.1) is 0 Å². The van der Waals surface area contributed by atoms with Crippen LogP contribution < -0.4 is 0 Å². The van der Waals surface area contributed by atoms with Gasteiger partial charge in [0, 0.05) is 13.0 Å². The number of hydrogen-bond acceptors (Lipinski definition) is 6. The monoisotopic (exact) mass is 330 g/mol. The fourth-order valence-electron chi connectivity index (χ4n) is 3.89. The fourth-order valence-corrected chi connectivity index (χ4v) is 3.89. The van der Waals surface area contributed by atoms with Crippen LogP contribution in [0.4, 0.5) is 0 Å². The molecule has 0 unspecified atom stereocenters. The molecule has 0 amide bonds. The first-order valence-electron chi connectivity index (χ1n) is 8.69. The highest BCUT2D eigenvalue weighted by molar-refractivity contribution is 5.03. The minimum absolute atomic E-state index is 0.138. The van der Waals surface area contributed by atoms with Crippen molar-refractivity contribution in [1.82, 2.24) is 0 Å². The second-order valence-electron chi connectivity index (χ2n) is 7.80. The molecule has 0 radical (unpaired) electrons. The third-order valence-corrected chi connectivity index (χ3v) is 5.01. The number of aliphatic hydroxyl groups excluding tert-OH is 1. The maximum Gasteiger partial charge on any atom is 0.200 e. The Morgan fingerprint density at radius 2 is 1.83 bits per heavy atom. The molecule has 0 aromatic heterocycles. The Kier molecular flexibility index (Phi) is 4.53. The molecule has 3 rings (SSSR count). The number of hydrogen-bond donors (Lipinski definition) is 1. The molecule has 0 spiro atoms. The topological polar surface area (TPSA) is 66.4 Å². The summed E-state index contributed by atoms with van der Waals surface area (Å²) in [6.45, 7) is 10.3. The maximum absolute atomic E-state index is 9.46. The van der Waals surface area contributed by atoms with Gasteiger partial charge in [-0.3, -0.25) is 0 Å². The van der Waals surface area contributed by atoms with E-state index < -0.39 is 17.4 Å². The van der Waals surface area contributed by atoms with E-state index >= 15 is 0 Å². The molecular weight excluding hydrogens is 300 g/mol. The lowest BCUT2D eigenvalue weighted by atomic mass is 9.90. The SMILES string of the molecule is CC[C@H](CO)CC[C@@]12OC[C@H]3OC(C)(C)O[C@H]3[C@@H]1OC(C)(C)O2. The lowest BCUT2D eigenvalue weighted by molar-refractivity contribution is -0.285. The van der Waals surface area contributed by atoms with Crippen LogP contribution in [0.1, 0.15) is 53.9 Å². The number of rotatable bonds is 5. The average Bonchev–Trinajstić information content (AvgIpc) is 2.91. The van der Waals surface area contributed by atoms with Crippen LogP contribution in [0.15, 0.2) is 0 Å². The van der Waals surface area contributed by atoms with Crippen molar-refractivity contribution in [1.29, 1.82) is 0 Å². The molecule has 0 aliphatic carbocycles. The quantitative estimate of drug-likeness (QED) is 0.833. The van der Waals surface area contributed by atoms with E-state index in [1.54, 1.807) is 0 Å². The van der Waals surface area contributed by atoms with E-state index in [1.165, 1.54) is 0 Å². The van der Waals surface area contributed by atoms with Gasteiger partial charge in [0.05, 0.1) is 6.61 Å². The van der Waals surface area contributed by atoms with Crippen LogP contribution >= 0.6 is 0 Å². The van der Waals surface area contributed by atoms with Crippen molar-refractivity contribution < 1.29 is 28.8 Å². The summed E-state index contributed by atoms with van der Waals surface area (Å²) in [6, 6.07) is 0. The van der Waals surface area contributed by atoms with Gasteiger partial charge in [0.25, 0.3) is 0 Å². The van der Waals surface area contributed by atoms with E-state index in [0.717, 1.165) is 12.8 Å². The molecule has 3 aliphatic rings. The maximum atomic E-state index is 9.46. The molecule has 3 saturated heterocycles. The first kappa shape index (κ1) is 17.6. The third-order valence-electron chi connectivity index (χ3n) is 5.01. The van der Waals surface area contributed by atoms with Crippen LogP contribution in [0, 0.1) is 5.92 Å². The molecule has 3 heterocycles. The predicted octanol–water partition coefficient (Wildman–Crippen LogP) is 2.18. The predicted molar refractivity (Wildman–Crippen MR) is 82.6 cm³/mol. The summed E-state index contributed by atoms with van der Waals surface area (Å²) in [5.41, 5.74) is 0. The highest BCUT2D eigenvalue weighted by Gasteiger charge is 2.64. The van der Waals surface area contributed by atoms with Crippen molar-refractivity contribution in [3.8, 4) is 0 Å². The summed E-state index contributed by atoms with van der Waals surface area (Å²) >= 11 is 0. The second kappa shape index (κ2) is 5.93. The fraction of sp³-hybridized carbons (Fsp3) is 1.00. The Morgan fingerprint density at radius 3 is 2.48 bits per heavy atom. The zero-order valence-electron chi connectivity index (χ0n) is 14.8. The van der Waals surface area contributed by atoms with E-state index in [-0.39, 0.29) is 30.8 Å². The standard InChI is InChI=1S/C17H30O6/c1-6-11(9-18)7-8-17-14(22-16(4,5)23-17)13-12(10-19-17)20-15(2,3)21-13/h11-14,18H,6-10H2,1-5H3/t11-,12+,13+,14-,17-/m0/s1. The Bertz CT molecular complexity index is 433. The number of aliphatic hydroxyl groups is 1. The smallest absolute Gasteiger partial charge is 0.200 e. The molecule has 23 heavy (non-hydrogen) atoms. The third kappa shape index (κ3) is 3.30. The van der Waals surface area contributed by atoms with Gasteiger partial charge in [0.1, 0.15) is 18.3 Å². The van der Waals surface area contributed by atoms with Crippen molar-refractivity contribution >= 4 is 0 Å². The first-order valence-corrected chi connectivity index (χ1v) is 8.69. The van der Waals surface area contributed by atoms with Gasteiger partial charge >= 0.3 is 0 Å². The van der Waals surface area contributed by atoms with Crippen LogP contribution in [-0.2, 0) is 23.7 Å². The van der Waals surface area contributed by atoms with E-state index in [1.807, 2.05) is 27.7 Å². The molecule has 134 valence electrons. The van der Waals surface area contributed by atoms with Gasteiger partial charge in [-0.1, -0.05) is 13.3 Å². The molecule has 6 heteroatoms. The van der Waals surface area contributed by atoms with Gasteiger partial charge in [-0.2, -0.15) is 0 Å². The number of fused-ring (bicyclic) bond motifs is 3. The van der Waals surface area contributed by atoms with E-state index in [2.05, 4.69) is 6.92 Å². The molecule has 0 aromatic rings. The van der Waals surface area contributed by atoms with Gasteiger partial charge in [0.15, 0.2) is 11.6 Å². The van der Waals surface area contributed by atoms with Crippen molar-refractivity contribution in [3.63, 3.8) is 0 Å². The number of ether oxygens (including phenoxy) is 5. The van der Waals surface area contributed by atoms with Gasteiger partial charge in [0.2, 0.25) is 5.79 Å². The molecule has 0 bridgehead atoms. The van der Waals surface area contributed by atoms with Crippen LogP contribution in [0.3, 0.4) is 0 Å². The molecule has 6 nitrogen and oxygen atoms in total. The van der Waals surface area contributed by atoms with Gasteiger partial charge < -0.3 is 28.8 Å². The van der Waals surface area contributed by atoms with Gasteiger partial charge in [-0.05, 0) is 40.0 Å². The van der Waals surface area contributed by atoms with Crippen LogP contribution in [0.25, 0.3) is 0 Å². The van der Waals surface area contributed by atoms with Crippen molar-refractivity contribution in [2.75, 3.05) is 13.2 Å². The Labute approximate surface area is 138 Å². The van der Waals surface area contributed by atoms with Crippen molar-refractivity contribution in [2.45, 2.75) is 89.6 Å². The summed E-state index contributed by atoms with van der Waals surface area (Å²) in [7, 11) is 0. The van der Waals surface area contributed by atoms with Crippen LogP contribution in [-0.4, -0.2) is 54.0 Å². The zero-order valence-corrected chi connectivity index (χ0v) is 14.8. The molecular formula is C17H30O6. The summed E-state index contributed by atoms with van der Waals surface area (Å²) in [5.74, 6) is -1.94. The summed E-state index contributed by atoms with van der Waals surface area (Å²) in [6.07, 6.45) is 1.77. The Balaban J connectivity index is 1.79. The average molecular weight is 330 g/mol. The molecule has 5 atom stereocenters. The normalized spacial score (nSPS) is 42.3. The highest BCUT2D eigenvalue weighted by Crippen LogP contribution is 2.49. The lowest BCUT2D eigenvalue weighted by Crippen LogP contribution is -2.58. The Hall–Kier alpha value is -0.240. The van der Waals surface area contributed by atoms with Crippen molar-refractivity contribution in [2.24, 2.45) is 5.92 Å². The van der Waals surface area contributed by atoms with E-state index in [4.69, 9.17) is 23.7 Å². The lowest BCUT2D eigenvalue weighted by Gasteiger charge is -2.41. The summed E-state index contributed by atoms with van der Waals surface area (Å²) in [4.78, 5) is 0. The molecule has 0 aromatic carbocycles. The molecule has 0 saturated carbocycles. The van der Waals surface area contributed by atoms with Gasteiger partial charge in [-0.25, -0.2) is 0 Å². The van der Waals surface area contributed by atoms with Crippen LogP contribution in [0.5, 0.6) is 0 Å². The van der Waals surface area contributed by atoms with Crippen LogP contribution in [0.2, 0.25) is 0 Å². The highest BCUT2D eigenvalue weighted by atomic mass is 16.9. The molecule has 1 N–H and O–H groups in total. The first-order chi connectivity index (χ1) is 10.7. The largest absolute Gasteiger partial charge is 0.396 e. The molecule has 3 fully saturated rings. The molecule has 3 aliphatic heterocycles. The Morgan fingerprint density at radius 1 is 1.09 bits per heavy atom. The minimum atomic E-state index is -0.822. The minimum Gasteiger partial charge on any atom is -0.396 e. The second-order valence-corrected chi connectivity index (χ2v) is 7.80. The zero-order chi connectivity index (χ0) is 16.9. The van der Waals surface area contributed by atoms with E-state index in [0.29, 0.717) is 13.0 Å². The summed E-state index contributed by atoms with van der Waals surface area (Å²) < 4.78 is 30.5. The summed E-state index contributed by atoms with van der Waals surface area (Å²) in [5, 5.41) is 9.46.